The van der Waals surface area contributed by atoms with Crippen molar-refractivity contribution in [2.45, 2.75) is 13.0 Å². The van der Waals surface area contributed by atoms with Crippen LogP contribution in [0.15, 0.2) is 45.6 Å². The van der Waals surface area contributed by atoms with Crippen molar-refractivity contribution in [2.75, 3.05) is 0 Å². The highest BCUT2D eigenvalue weighted by Crippen LogP contribution is 2.19. The van der Waals surface area contributed by atoms with E-state index >= 15 is 0 Å². The molecule has 2 aromatic rings. The molecule has 0 saturated carbocycles. The van der Waals surface area contributed by atoms with E-state index in [1.54, 1.807) is 17.4 Å². The molecule has 0 radical (unpaired) electrons. The molecule has 2 nitrogen and oxygen atoms in total. The number of thiophene rings is 1. The molecule has 1 aromatic heterocycles. The molecule has 4 heteroatoms. The Kier molecular flexibility index (Phi) is 3.97. The largest absolute Gasteiger partial charge is 0.345 e. The molecule has 0 aliphatic heterocycles. The van der Waals surface area contributed by atoms with Gasteiger partial charge in [-0.05, 0) is 57.4 Å². The van der Waals surface area contributed by atoms with Gasteiger partial charge in [0.25, 0.3) is 5.91 Å². The van der Waals surface area contributed by atoms with Crippen LogP contribution in [0.1, 0.15) is 28.9 Å². The molecular weight excluding hydrogens is 298 g/mol. The first kappa shape index (κ1) is 12.3. The highest BCUT2D eigenvalue weighted by atomic mass is 79.9. The molecule has 0 aliphatic carbocycles. The van der Waals surface area contributed by atoms with Crippen LogP contribution in [0.4, 0.5) is 0 Å². The standard InChI is InChI=1S/C13H12BrNOS/c1-9(10-6-7-17-8-10)15-13(16)11-4-2-3-5-12(11)14/h2-9H,1H3,(H,15,16). The number of carbonyl (C=O) groups excluding carboxylic acids is 1. The minimum atomic E-state index is -0.0591. The van der Waals surface area contributed by atoms with E-state index in [4.69, 9.17) is 0 Å². The molecule has 0 saturated heterocycles. The first-order valence-corrected chi connectivity index (χ1v) is 6.99. The fourth-order valence-electron chi connectivity index (χ4n) is 1.52. The molecule has 1 aromatic carbocycles. The maximum absolute atomic E-state index is 12.0. The smallest absolute Gasteiger partial charge is 0.252 e. The molecule has 0 fully saturated rings. The van der Waals surface area contributed by atoms with Gasteiger partial charge in [0.2, 0.25) is 0 Å². The number of halogens is 1. The van der Waals surface area contributed by atoms with Crippen LogP contribution in [0.25, 0.3) is 0 Å². The van der Waals surface area contributed by atoms with Crippen LogP contribution in [0.2, 0.25) is 0 Å². The topological polar surface area (TPSA) is 29.1 Å². The van der Waals surface area contributed by atoms with Crippen LogP contribution in [0.5, 0.6) is 0 Å². The lowest BCUT2D eigenvalue weighted by Gasteiger charge is -2.13. The minimum absolute atomic E-state index is 0.0286. The summed E-state index contributed by atoms with van der Waals surface area (Å²) < 4.78 is 0.815. The van der Waals surface area contributed by atoms with Gasteiger partial charge in [0.1, 0.15) is 0 Å². The molecule has 2 rings (SSSR count). The Bertz CT molecular complexity index is 510. The van der Waals surface area contributed by atoms with E-state index in [1.807, 2.05) is 41.9 Å². The molecule has 1 atom stereocenters. The van der Waals surface area contributed by atoms with Gasteiger partial charge in [-0.25, -0.2) is 0 Å². The lowest BCUT2D eigenvalue weighted by Crippen LogP contribution is -2.26. The van der Waals surface area contributed by atoms with Crippen molar-refractivity contribution in [1.82, 2.24) is 5.32 Å². The van der Waals surface area contributed by atoms with Crippen molar-refractivity contribution < 1.29 is 4.79 Å². The Morgan fingerprint density at radius 1 is 1.35 bits per heavy atom. The second kappa shape index (κ2) is 5.47. The molecule has 1 N–H and O–H groups in total. The second-order valence-corrected chi connectivity index (χ2v) is 5.37. The first-order valence-electron chi connectivity index (χ1n) is 5.26. The molecule has 1 heterocycles. The number of rotatable bonds is 3. The number of amides is 1. The van der Waals surface area contributed by atoms with Crippen molar-refractivity contribution in [1.29, 1.82) is 0 Å². The van der Waals surface area contributed by atoms with Crippen molar-refractivity contribution in [3.05, 3.63) is 56.7 Å². The third-order valence-corrected chi connectivity index (χ3v) is 3.90. The van der Waals surface area contributed by atoms with Gasteiger partial charge in [0.15, 0.2) is 0 Å². The molecule has 0 aliphatic rings. The molecule has 0 spiro atoms. The average Bonchev–Trinajstić information content (AvgIpc) is 2.82. The molecular formula is C13H12BrNOS. The van der Waals surface area contributed by atoms with Gasteiger partial charge in [-0.2, -0.15) is 11.3 Å². The fraction of sp³-hybridized carbons (Fsp3) is 0.154. The predicted octanol–water partition coefficient (Wildman–Crippen LogP) is 4.00. The zero-order valence-electron chi connectivity index (χ0n) is 9.31. The Balaban J connectivity index is 2.10. The number of benzene rings is 1. The van der Waals surface area contributed by atoms with E-state index in [0.717, 1.165) is 10.0 Å². The average molecular weight is 310 g/mol. The van der Waals surface area contributed by atoms with Gasteiger partial charge in [0.05, 0.1) is 11.6 Å². The summed E-state index contributed by atoms with van der Waals surface area (Å²) in [6.07, 6.45) is 0. The summed E-state index contributed by atoms with van der Waals surface area (Å²) in [5.41, 5.74) is 1.80. The monoisotopic (exact) mass is 309 g/mol. The zero-order valence-corrected chi connectivity index (χ0v) is 11.7. The van der Waals surface area contributed by atoms with E-state index in [2.05, 4.69) is 21.2 Å². The van der Waals surface area contributed by atoms with Crippen LogP contribution < -0.4 is 5.32 Å². The lowest BCUT2D eigenvalue weighted by molar-refractivity contribution is 0.0939. The fourth-order valence-corrected chi connectivity index (χ4v) is 2.74. The summed E-state index contributed by atoms with van der Waals surface area (Å²) in [7, 11) is 0. The van der Waals surface area contributed by atoms with E-state index in [1.165, 1.54) is 0 Å². The first-order chi connectivity index (χ1) is 8.18. The third kappa shape index (κ3) is 2.96. The summed E-state index contributed by atoms with van der Waals surface area (Å²) in [5.74, 6) is -0.0591. The molecule has 17 heavy (non-hydrogen) atoms. The Labute approximate surface area is 113 Å². The van der Waals surface area contributed by atoms with Crippen LogP contribution in [-0.2, 0) is 0 Å². The predicted molar refractivity (Wildman–Crippen MR) is 74.3 cm³/mol. The number of nitrogens with one attached hydrogen (secondary N) is 1. The second-order valence-electron chi connectivity index (χ2n) is 3.73. The van der Waals surface area contributed by atoms with Crippen molar-refractivity contribution in [2.24, 2.45) is 0 Å². The lowest BCUT2D eigenvalue weighted by atomic mass is 10.1. The van der Waals surface area contributed by atoms with Crippen molar-refractivity contribution >= 4 is 33.2 Å². The van der Waals surface area contributed by atoms with E-state index < -0.39 is 0 Å². The van der Waals surface area contributed by atoms with Gasteiger partial charge in [-0.1, -0.05) is 12.1 Å². The Morgan fingerprint density at radius 2 is 2.12 bits per heavy atom. The summed E-state index contributed by atoms with van der Waals surface area (Å²) in [5, 5.41) is 7.03. The molecule has 1 amide bonds. The van der Waals surface area contributed by atoms with Gasteiger partial charge < -0.3 is 5.32 Å². The number of carbonyl (C=O) groups is 1. The summed E-state index contributed by atoms with van der Waals surface area (Å²) in [4.78, 5) is 12.0. The molecule has 88 valence electrons. The quantitative estimate of drug-likeness (QED) is 0.912. The van der Waals surface area contributed by atoms with Gasteiger partial charge in [0, 0.05) is 4.47 Å². The van der Waals surface area contributed by atoms with Crippen LogP contribution in [0, 0.1) is 0 Å². The van der Waals surface area contributed by atoms with E-state index in [-0.39, 0.29) is 11.9 Å². The number of hydrogen-bond donors (Lipinski definition) is 1. The van der Waals surface area contributed by atoms with Crippen LogP contribution in [-0.4, -0.2) is 5.91 Å². The van der Waals surface area contributed by atoms with Crippen molar-refractivity contribution in [3.8, 4) is 0 Å². The highest BCUT2D eigenvalue weighted by Gasteiger charge is 2.13. The van der Waals surface area contributed by atoms with Crippen LogP contribution in [0.3, 0.4) is 0 Å². The Hall–Kier alpha value is -1.13. The van der Waals surface area contributed by atoms with E-state index in [0.29, 0.717) is 5.56 Å². The third-order valence-electron chi connectivity index (χ3n) is 2.51. The van der Waals surface area contributed by atoms with Gasteiger partial charge in [-0.3, -0.25) is 4.79 Å². The zero-order chi connectivity index (χ0) is 12.3. The van der Waals surface area contributed by atoms with Gasteiger partial charge >= 0.3 is 0 Å². The normalized spacial score (nSPS) is 12.1. The number of hydrogen-bond acceptors (Lipinski definition) is 2. The van der Waals surface area contributed by atoms with Crippen LogP contribution >= 0.6 is 27.3 Å². The summed E-state index contributed by atoms with van der Waals surface area (Å²) >= 11 is 5.01. The minimum Gasteiger partial charge on any atom is -0.345 e. The van der Waals surface area contributed by atoms with E-state index in [9.17, 15) is 4.79 Å². The van der Waals surface area contributed by atoms with Gasteiger partial charge in [-0.15, -0.1) is 0 Å². The highest BCUT2D eigenvalue weighted by molar-refractivity contribution is 9.10. The SMILES string of the molecule is CC(NC(=O)c1ccccc1Br)c1ccsc1. The molecule has 1 unspecified atom stereocenters. The summed E-state index contributed by atoms with van der Waals surface area (Å²) in [6.45, 7) is 1.98. The Morgan fingerprint density at radius 3 is 2.76 bits per heavy atom. The summed E-state index contributed by atoms with van der Waals surface area (Å²) in [6, 6.07) is 9.47. The van der Waals surface area contributed by atoms with Crippen molar-refractivity contribution in [3.63, 3.8) is 0 Å². The maximum atomic E-state index is 12.0. The molecule has 0 bridgehead atoms. The maximum Gasteiger partial charge on any atom is 0.252 e.